The Kier molecular flexibility index (Phi) is 10.8. The van der Waals surface area contributed by atoms with Crippen molar-refractivity contribution in [1.29, 1.82) is 0 Å². The Balaban J connectivity index is 1.16. The molecule has 56 heavy (non-hydrogen) atoms. The predicted octanol–water partition coefficient (Wildman–Crippen LogP) is 2.41. The molecule has 7 rings (SSSR count). The van der Waals surface area contributed by atoms with Crippen LogP contribution in [0.1, 0.15) is 113 Å². The Morgan fingerprint density at radius 3 is 2.05 bits per heavy atom. The van der Waals surface area contributed by atoms with Crippen molar-refractivity contribution < 1.29 is 69.4 Å². The van der Waals surface area contributed by atoms with Crippen molar-refractivity contribution in [2.45, 2.75) is 180 Å². The van der Waals surface area contributed by atoms with Crippen molar-refractivity contribution in [3.63, 3.8) is 0 Å². The summed E-state index contributed by atoms with van der Waals surface area (Å²) in [5.41, 5.74) is -0.448. The van der Waals surface area contributed by atoms with Gasteiger partial charge in [-0.2, -0.15) is 0 Å². The summed E-state index contributed by atoms with van der Waals surface area (Å²) < 4.78 is 23.5. The average molecular weight is 795 g/mol. The Morgan fingerprint density at radius 1 is 0.750 bits per heavy atom. The lowest BCUT2D eigenvalue weighted by atomic mass is 9.33. The monoisotopic (exact) mass is 794 g/mol. The summed E-state index contributed by atoms with van der Waals surface area (Å²) in [5.74, 6) is -1.52. The Labute approximate surface area is 329 Å². The Bertz CT molecular complexity index is 1560. The van der Waals surface area contributed by atoms with Crippen molar-refractivity contribution >= 4 is 11.9 Å². The molecule has 2 saturated heterocycles. The molecule has 14 nitrogen and oxygen atoms in total. The third-order valence-corrected chi connectivity index (χ3v) is 17.2. The minimum atomic E-state index is -1.79. The molecular formula is C42H66O14. The molecule has 2 heterocycles. The number of carbonyl (C=O) groups excluding carboxylic acids is 1. The minimum absolute atomic E-state index is 0.0330. The molecule has 18 atom stereocenters. The zero-order chi connectivity index (χ0) is 41.1. The number of esters is 1. The van der Waals surface area contributed by atoms with Gasteiger partial charge in [0.2, 0.25) is 6.29 Å². The van der Waals surface area contributed by atoms with E-state index in [0.29, 0.717) is 25.2 Å². The van der Waals surface area contributed by atoms with Gasteiger partial charge in [0.25, 0.3) is 0 Å². The fourth-order valence-electron chi connectivity index (χ4n) is 13.5. The molecular weight excluding hydrogens is 728 g/mol. The lowest BCUT2D eigenvalue weighted by Crippen LogP contribution is -2.66. The van der Waals surface area contributed by atoms with Gasteiger partial charge in [-0.15, -0.1) is 0 Å². The second-order valence-electron chi connectivity index (χ2n) is 20.7. The van der Waals surface area contributed by atoms with Gasteiger partial charge in [0.05, 0.1) is 18.1 Å². The molecule has 14 heteroatoms. The van der Waals surface area contributed by atoms with Gasteiger partial charge in [0, 0.05) is 0 Å². The third kappa shape index (κ3) is 6.17. The number of carbonyl (C=O) groups is 2. The van der Waals surface area contributed by atoms with Crippen molar-refractivity contribution in [3.05, 3.63) is 11.6 Å². The number of hydrogen-bond donors (Lipinski definition) is 8. The normalized spacial score (nSPS) is 52.3. The number of ether oxygens (including phenoxy) is 4. The maximum Gasteiger partial charge on any atom is 0.335 e. The first kappa shape index (κ1) is 42.4. The van der Waals surface area contributed by atoms with Crippen molar-refractivity contribution in [1.82, 2.24) is 0 Å². The number of rotatable bonds is 6. The lowest BCUT2D eigenvalue weighted by Gasteiger charge is -2.71. The van der Waals surface area contributed by atoms with Crippen LogP contribution in [0.3, 0.4) is 0 Å². The quantitative estimate of drug-likeness (QED) is 0.110. The third-order valence-electron chi connectivity index (χ3n) is 17.2. The van der Waals surface area contributed by atoms with Crippen molar-refractivity contribution in [2.24, 2.45) is 50.2 Å². The van der Waals surface area contributed by atoms with Gasteiger partial charge in [-0.1, -0.05) is 60.1 Å². The number of fused-ring (bicyclic) bond motifs is 7. The molecule has 0 aromatic rings. The van der Waals surface area contributed by atoms with Gasteiger partial charge in [0.1, 0.15) is 42.7 Å². The van der Waals surface area contributed by atoms with Crippen LogP contribution in [-0.2, 0) is 28.5 Å². The fourth-order valence-corrected chi connectivity index (χ4v) is 13.5. The standard InChI is InChI=1S/C42H66O14/c1-37(2)14-16-42(36(52)56-34-30(48)27(45)26(44)22(19-43)53-34)17-15-40(6)20(21(42)18-37)8-9-24-39(5)12-11-25(38(3,4)23(39)10-13-41(24,40)7)54-35-31(49)28(46)29(47)32(55-35)33(50)51/h8,21-32,34-35,43-49H,9-19H2,1-7H3,(H,50,51)/t21?,22-,23?,24?,25+,26-,27+,28+,29+,30-,31-,32+,34+,35-,39+,40-,41-,42+/m1/s1. The molecule has 8 N–H and O–H groups in total. The van der Waals surface area contributed by atoms with E-state index in [1.165, 1.54) is 5.57 Å². The lowest BCUT2D eigenvalue weighted by molar-refractivity contribution is -0.324. The first-order chi connectivity index (χ1) is 26.0. The van der Waals surface area contributed by atoms with Crippen molar-refractivity contribution in [3.8, 4) is 0 Å². The molecule has 0 spiro atoms. The second-order valence-corrected chi connectivity index (χ2v) is 20.7. The predicted molar refractivity (Wildman–Crippen MR) is 198 cm³/mol. The zero-order valence-corrected chi connectivity index (χ0v) is 34.0. The first-order valence-corrected chi connectivity index (χ1v) is 20.8. The van der Waals surface area contributed by atoms with Gasteiger partial charge in [0.15, 0.2) is 12.4 Å². The van der Waals surface area contributed by atoms with Crippen LogP contribution in [0.4, 0.5) is 0 Å². The number of carboxylic acid groups (broad SMARTS) is 1. The number of aliphatic hydroxyl groups excluding tert-OH is 7. The molecule has 0 aromatic heterocycles. The number of hydrogen-bond acceptors (Lipinski definition) is 13. The maximum absolute atomic E-state index is 14.6. The van der Waals surface area contributed by atoms with Crippen LogP contribution in [0, 0.1) is 50.2 Å². The molecule has 7 aliphatic rings. The summed E-state index contributed by atoms with van der Waals surface area (Å²) in [4.78, 5) is 26.4. The van der Waals surface area contributed by atoms with E-state index in [0.717, 1.165) is 44.9 Å². The largest absolute Gasteiger partial charge is 0.479 e. The molecule has 0 bridgehead atoms. The Hall–Kier alpha value is -1.72. The van der Waals surface area contributed by atoms with Crippen LogP contribution < -0.4 is 0 Å². The second kappa shape index (κ2) is 14.2. The van der Waals surface area contributed by atoms with Crippen molar-refractivity contribution in [2.75, 3.05) is 6.61 Å². The van der Waals surface area contributed by atoms with Crippen LogP contribution in [0.25, 0.3) is 0 Å². The van der Waals surface area contributed by atoms with Crippen LogP contribution in [0.15, 0.2) is 11.6 Å². The SMILES string of the molecule is CC1(C)CC[C@]2(C(=O)O[C@@H]3O[C@H](CO)[C@@H](O)[C@H](O)[C@H]3O)CC[C@]3(C)C(=CCC4[C@@]5(C)CC[C@H](O[C@@H]6O[C@H](C(=O)O)[C@@H](O)[C@H](O)[C@H]6O)C(C)(C)C5CC[C@]43C)C2C1. The average Bonchev–Trinajstić information content (AvgIpc) is 3.12. The van der Waals surface area contributed by atoms with E-state index in [-0.39, 0.29) is 33.5 Å². The highest BCUT2D eigenvalue weighted by atomic mass is 16.7. The number of aliphatic carboxylic acids is 1. The van der Waals surface area contributed by atoms with E-state index in [2.05, 4.69) is 54.5 Å². The highest BCUT2D eigenvalue weighted by Gasteiger charge is 2.70. The minimum Gasteiger partial charge on any atom is -0.479 e. The maximum atomic E-state index is 14.6. The fraction of sp³-hybridized carbons (Fsp3) is 0.905. The first-order valence-electron chi connectivity index (χ1n) is 20.8. The van der Waals surface area contributed by atoms with E-state index >= 15 is 0 Å². The Morgan fingerprint density at radius 2 is 1.39 bits per heavy atom. The zero-order valence-electron chi connectivity index (χ0n) is 34.0. The van der Waals surface area contributed by atoms with Gasteiger partial charge in [-0.25, -0.2) is 4.79 Å². The molecule has 2 aliphatic heterocycles. The molecule has 0 aromatic carbocycles. The summed E-state index contributed by atoms with van der Waals surface area (Å²) in [5, 5.41) is 82.4. The van der Waals surface area contributed by atoms with Crippen LogP contribution >= 0.6 is 0 Å². The summed E-state index contributed by atoms with van der Waals surface area (Å²) in [6, 6.07) is 0. The van der Waals surface area contributed by atoms with Gasteiger partial charge >= 0.3 is 11.9 Å². The highest BCUT2D eigenvalue weighted by Crippen LogP contribution is 2.76. The molecule has 4 saturated carbocycles. The number of aliphatic hydroxyl groups is 7. The summed E-state index contributed by atoms with van der Waals surface area (Å²) in [6.07, 6.45) is -6.14. The molecule has 6 fully saturated rings. The summed E-state index contributed by atoms with van der Waals surface area (Å²) in [7, 11) is 0. The topological polar surface area (TPSA) is 233 Å². The van der Waals surface area contributed by atoms with E-state index in [4.69, 9.17) is 18.9 Å². The molecule has 318 valence electrons. The molecule has 0 radical (unpaired) electrons. The van der Waals surface area contributed by atoms with E-state index < -0.39 is 96.9 Å². The highest BCUT2D eigenvalue weighted by molar-refractivity contribution is 5.79. The van der Waals surface area contributed by atoms with Gasteiger partial charge in [-0.05, 0) is 109 Å². The molecule has 0 amide bonds. The van der Waals surface area contributed by atoms with Gasteiger partial charge < -0.3 is 59.8 Å². The summed E-state index contributed by atoms with van der Waals surface area (Å²) >= 11 is 0. The smallest absolute Gasteiger partial charge is 0.335 e. The van der Waals surface area contributed by atoms with E-state index in [9.17, 15) is 50.4 Å². The van der Waals surface area contributed by atoms with E-state index in [1.54, 1.807) is 0 Å². The van der Waals surface area contributed by atoms with Crippen LogP contribution in [-0.4, -0.2) is 127 Å². The molecule has 3 unspecified atom stereocenters. The summed E-state index contributed by atoms with van der Waals surface area (Å²) in [6.45, 7) is 15.5. The van der Waals surface area contributed by atoms with Crippen LogP contribution in [0.2, 0.25) is 0 Å². The number of carboxylic acids is 1. The number of allylic oxidation sites excluding steroid dienone is 2. The van der Waals surface area contributed by atoms with Crippen LogP contribution in [0.5, 0.6) is 0 Å². The van der Waals surface area contributed by atoms with E-state index in [1.807, 2.05) is 0 Å². The molecule has 5 aliphatic carbocycles. The van der Waals surface area contributed by atoms with Gasteiger partial charge in [-0.3, -0.25) is 4.79 Å².